The van der Waals surface area contributed by atoms with Crippen molar-refractivity contribution in [3.63, 3.8) is 0 Å². The predicted octanol–water partition coefficient (Wildman–Crippen LogP) is 4.00. The van der Waals surface area contributed by atoms with E-state index in [-0.39, 0.29) is 11.2 Å². The standard InChI is InChI=1S/C16H21FN2S/c1-15(2,3)13-10-20-14(19-13)9-16(4,18)11-5-7-12(17)8-6-11/h5-8,10H,9,18H2,1-4H3. The van der Waals surface area contributed by atoms with Crippen LogP contribution < -0.4 is 5.73 Å². The quantitative estimate of drug-likeness (QED) is 0.928. The zero-order valence-corrected chi connectivity index (χ0v) is 13.2. The van der Waals surface area contributed by atoms with Gasteiger partial charge >= 0.3 is 0 Å². The summed E-state index contributed by atoms with van der Waals surface area (Å²) in [4.78, 5) is 4.67. The summed E-state index contributed by atoms with van der Waals surface area (Å²) >= 11 is 1.64. The number of halogens is 1. The van der Waals surface area contributed by atoms with Crippen LogP contribution in [0.15, 0.2) is 29.6 Å². The van der Waals surface area contributed by atoms with Crippen LogP contribution in [0.4, 0.5) is 4.39 Å². The molecule has 0 aliphatic heterocycles. The number of thiazole rings is 1. The second-order valence-electron chi connectivity index (χ2n) is 6.48. The molecule has 108 valence electrons. The Bertz CT molecular complexity index is 579. The van der Waals surface area contributed by atoms with Gasteiger partial charge in [0.25, 0.3) is 0 Å². The Balaban J connectivity index is 2.19. The molecule has 0 spiro atoms. The minimum absolute atomic E-state index is 0.0512. The van der Waals surface area contributed by atoms with Crippen LogP contribution in [0, 0.1) is 5.82 Å². The SMILES string of the molecule is CC(C)(C)c1csc(CC(C)(N)c2ccc(F)cc2)n1. The van der Waals surface area contributed by atoms with Crippen molar-refractivity contribution in [3.05, 3.63) is 51.7 Å². The number of hydrogen-bond acceptors (Lipinski definition) is 3. The third kappa shape index (κ3) is 3.44. The van der Waals surface area contributed by atoms with Crippen molar-refractivity contribution >= 4 is 11.3 Å². The Kier molecular flexibility index (Phi) is 3.98. The molecule has 4 heteroatoms. The second kappa shape index (κ2) is 5.26. The zero-order valence-electron chi connectivity index (χ0n) is 12.4. The van der Waals surface area contributed by atoms with E-state index in [4.69, 9.17) is 5.73 Å². The summed E-state index contributed by atoms with van der Waals surface area (Å²) < 4.78 is 13.0. The molecule has 1 aromatic heterocycles. The summed E-state index contributed by atoms with van der Waals surface area (Å²) in [5.74, 6) is -0.242. The average molecular weight is 292 g/mol. The lowest BCUT2D eigenvalue weighted by molar-refractivity contribution is 0.485. The third-order valence-corrected chi connectivity index (χ3v) is 4.19. The Morgan fingerprint density at radius 2 is 1.75 bits per heavy atom. The number of nitrogens with zero attached hydrogens (tertiary/aromatic N) is 1. The van der Waals surface area contributed by atoms with Crippen LogP contribution in [0.1, 0.15) is 44.0 Å². The fourth-order valence-corrected chi connectivity index (χ4v) is 3.17. The molecule has 1 heterocycles. The van der Waals surface area contributed by atoms with Gasteiger partial charge in [0.1, 0.15) is 5.82 Å². The van der Waals surface area contributed by atoms with E-state index in [1.54, 1.807) is 23.5 Å². The highest BCUT2D eigenvalue weighted by molar-refractivity contribution is 7.09. The predicted molar refractivity (Wildman–Crippen MR) is 82.5 cm³/mol. The van der Waals surface area contributed by atoms with Crippen LogP contribution in [0.25, 0.3) is 0 Å². The smallest absolute Gasteiger partial charge is 0.123 e. The molecule has 2 aromatic rings. The fourth-order valence-electron chi connectivity index (χ4n) is 1.98. The van der Waals surface area contributed by atoms with Gasteiger partial charge in [0.05, 0.1) is 10.7 Å². The van der Waals surface area contributed by atoms with Gasteiger partial charge in [-0.15, -0.1) is 11.3 Å². The molecule has 0 bridgehead atoms. The molecule has 0 saturated carbocycles. The Morgan fingerprint density at radius 3 is 2.25 bits per heavy atom. The third-order valence-electron chi connectivity index (χ3n) is 3.34. The monoisotopic (exact) mass is 292 g/mol. The van der Waals surface area contributed by atoms with Gasteiger partial charge in [0.2, 0.25) is 0 Å². The van der Waals surface area contributed by atoms with Gasteiger partial charge in [-0.3, -0.25) is 0 Å². The molecular weight excluding hydrogens is 271 g/mol. The largest absolute Gasteiger partial charge is 0.321 e. The summed E-state index contributed by atoms with van der Waals surface area (Å²) in [5.41, 5.74) is 7.91. The summed E-state index contributed by atoms with van der Waals surface area (Å²) in [6.45, 7) is 8.40. The highest BCUT2D eigenvalue weighted by atomic mass is 32.1. The molecule has 1 atom stereocenters. The number of hydrogen-bond donors (Lipinski definition) is 1. The molecule has 0 aliphatic carbocycles. The first-order valence-electron chi connectivity index (χ1n) is 6.68. The second-order valence-corrected chi connectivity index (χ2v) is 7.42. The lowest BCUT2D eigenvalue weighted by Crippen LogP contribution is -2.35. The maximum absolute atomic E-state index is 13.0. The van der Waals surface area contributed by atoms with E-state index in [2.05, 4.69) is 31.1 Å². The van der Waals surface area contributed by atoms with E-state index >= 15 is 0 Å². The van der Waals surface area contributed by atoms with E-state index < -0.39 is 5.54 Å². The summed E-state index contributed by atoms with van der Waals surface area (Å²) in [7, 11) is 0. The molecule has 20 heavy (non-hydrogen) atoms. The highest BCUT2D eigenvalue weighted by Gasteiger charge is 2.25. The molecule has 0 radical (unpaired) electrons. The van der Waals surface area contributed by atoms with E-state index in [1.807, 2.05) is 6.92 Å². The van der Waals surface area contributed by atoms with Crippen molar-refractivity contribution in [1.82, 2.24) is 4.98 Å². The van der Waals surface area contributed by atoms with E-state index in [0.717, 1.165) is 16.3 Å². The molecule has 1 unspecified atom stereocenters. The topological polar surface area (TPSA) is 38.9 Å². The zero-order chi connectivity index (χ0) is 15.0. The van der Waals surface area contributed by atoms with Gasteiger partial charge < -0.3 is 5.73 Å². The summed E-state index contributed by atoms with van der Waals surface area (Å²) in [6.07, 6.45) is 0.652. The molecule has 0 fully saturated rings. The first-order chi connectivity index (χ1) is 9.18. The van der Waals surface area contributed by atoms with Crippen LogP contribution in [-0.2, 0) is 17.4 Å². The Labute approximate surface area is 123 Å². The van der Waals surface area contributed by atoms with E-state index in [1.165, 1.54) is 12.1 Å². The molecule has 0 aliphatic rings. The first kappa shape index (κ1) is 15.1. The molecule has 1 aromatic carbocycles. The Morgan fingerprint density at radius 1 is 1.15 bits per heavy atom. The van der Waals surface area contributed by atoms with Crippen molar-refractivity contribution in [2.24, 2.45) is 5.73 Å². The maximum atomic E-state index is 13.0. The molecule has 2 rings (SSSR count). The minimum atomic E-state index is -0.541. The van der Waals surface area contributed by atoms with Crippen LogP contribution in [0.5, 0.6) is 0 Å². The van der Waals surface area contributed by atoms with Gasteiger partial charge in [-0.25, -0.2) is 9.37 Å². The van der Waals surface area contributed by atoms with Crippen molar-refractivity contribution in [2.75, 3.05) is 0 Å². The van der Waals surface area contributed by atoms with E-state index in [0.29, 0.717) is 6.42 Å². The molecule has 2 N–H and O–H groups in total. The summed E-state index contributed by atoms with van der Waals surface area (Å²) in [5, 5.41) is 3.11. The lowest BCUT2D eigenvalue weighted by Gasteiger charge is -2.24. The van der Waals surface area contributed by atoms with Crippen molar-refractivity contribution in [3.8, 4) is 0 Å². The van der Waals surface area contributed by atoms with Crippen molar-refractivity contribution in [1.29, 1.82) is 0 Å². The lowest BCUT2D eigenvalue weighted by atomic mass is 9.90. The van der Waals surface area contributed by atoms with Crippen molar-refractivity contribution in [2.45, 2.75) is 45.1 Å². The van der Waals surface area contributed by atoms with Gasteiger partial charge in [-0.2, -0.15) is 0 Å². The molecule has 0 amide bonds. The Hall–Kier alpha value is -1.26. The number of benzene rings is 1. The molecule has 0 saturated heterocycles. The number of rotatable bonds is 3. The normalized spacial score (nSPS) is 15.1. The van der Waals surface area contributed by atoms with Crippen molar-refractivity contribution < 1.29 is 4.39 Å². The number of aromatic nitrogens is 1. The molecule has 2 nitrogen and oxygen atoms in total. The van der Waals surface area contributed by atoms with Gasteiger partial charge in [0.15, 0.2) is 0 Å². The van der Waals surface area contributed by atoms with Gasteiger partial charge in [-0.05, 0) is 24.6 Å². The first-order valence-corrected chi connectivity index (χ1v) is 7.56. The maximum Gasteiger partial charge on any atom is 0.123 e. The van der Waals surface area contributed by atoms with Crippen LogP contribution >= 0.6 is 11.3 Å². The summed E-state index contributed by atoms with van der Waals surface area (Å²) in [6, 6.07) is 6.38. The number of nitrogens with two attached hydrogens (primary N) is 1. The van der Waals surface area contributed by atoms with E-state index in [9.17, 15) is 4.39 Å². The van der Waals surface area contributed by atoms with Gasteiger partial charge in [0, 0.05) is 22.8 Å². The molecular formula is C16H21FN2S. The van der Waals surface area contributed by atoms with Crippen LogP contribution in [0.3, 0.4) is 0 Å². The van der Waals surface area contributed by atoms with Crippen LogP contribution in [0.2, 0.25) is 0 Å². The van der Waals surface area contributed by atoms with Crippen LogP contribution in [-0.4, -0.2) is 4.98 Å². The fraction of sp³-hybridized carbons (Fsp3) is 0.438. The average Bonchev–Trinajstić information content (AvgIpc) is 2.77. The van der Waals surface area contributed by atoms with Gasteiger partial charge in [-0.1, -0.05) is 32.9 Å². The minimum Gasteiger partial charge on any atom is -0.321 e. The highest BCUT2D eigenvalue weighted by Crippen LogP contribution is 2.28.